The standard InChI is InChI=1S/C11H8F3NO2/c1-17-10(16)9-8(15-9)6-2-4-7(5-3-6)11(12,13)14/h2-5,9H,1H3/t9-/m0/s1. The lowest BCUT2D eigenvalue weighted by atomic mass is 10.1. The van der Waals surface area contributed by atoms with Gasteiger partial charge in [-0.1, -0.05) is 12.1 Å². The Balaban J connectivity index is 2.11. The van der Waals surface area contributed by atoms with Crippen LogP contribution in [0.5, 0.6) is 0 Å². The lowest BCUT2D eigenvalue weighted by Crippen LogP contribution is -2.15. The van der Waals surface area contributed by atoms with Gasteiger partial charge in [-0.3, -0.25) is 4.99 Å². The number of methoxy groups -OCH3 is 1. The summed E-state index contributed by atoms with van der Waals surface area (Å²) in [5.74, 6) is -0.500. The highest BCUT2D eigenvalue weighted by atomic mass is 19.4. The average molecular weight is 243 g/mol. The molecule has 0 bridgehead atoms. The number of carbonyl (C=O) groups is 1. The summed E-state index contributed by atoms with van der Waals surface area (Å²) in [4.78, 5) is 14.9. The first-order chi connectivity index (χ1) is 7.93. The van der Waals surface area contributed by atoms with Gasteiger partial charge in [0, 0.05) is 0 Å². The van der Waals surface area contributed by atoms with Gasteiger partial charge in [0.1, 0.15) is 0 Å². The van der Waals surface area contributed by atoms with Gasteiger partial charge in [0.25, 0.3) is 0 Å². The topological polar surface area (TPSA) is 38.7 Å². The molecule has 0 N–H and O–H groups in total. The predicted molar refractivity (Wildman–Crippen MR) is 53.8 cm³/mol. The molecule has 90 valence electrons. The summed E-state index contributed by atoms with van der Waals surface area (Å²) in [7, 11) is 1.24. The summed E-state index contributed by atoms with van der Waals surface area (Å²) in [5.41, 5.74) is 0.246. The minimum absolute atomic E-state index is 0.463. The van der Waals surface area contributed by atoms with Gasteiger partial charge in [0.15, 0.2) is 6.04 Å². The van der Waals surface area contributed by atoms with Crippen LogP contribution in [0.3, 0.4) is 0 Å². The Morgan fingerprint density at radius 1 is 1.29 bits per heavy atom. The number of alkyl halides is 3. The molecule has 0 fully saturated rings. The van der Waals surface area contributed by atoms with Gasteiger partial charge in [-0.2, -0.15) is 13.2 Å². The average Bonchev–Trinajstić information content (AvgIpc) is 3.07. The van der Waals surface area contributed by atoms with E-state index in [1.165, 1.54) is 19.2 Å². The molecule has 1 aliphatic heterocycles. The maximum atomic E-state index is 12.3. The lowest BCUT2D eigenvalue weighted by molar-refractivity contribution is -0.139. The molecule has 1 aliphatic rings. The first-order valence-electron chi connectivity index (χ1n) is 4.76. The van der Waals surface area contributed by atoms with Crippen LogP contribution >= 0.6 is 0 Å². The minimum Gasteiger partial charge on any atom is -0.467 e. The van der Waals surface area contributed by atoms with Crippen molar-refractivity contribution in [2.24, 2.45) is 4.99 Å². The van der Waals surface area contributed by atoms with Crippen LogP contribution in [0.25, 0.3) is 0 Å². The molecule has 3 nitrogen and oxygen atoms in total. The van der Waals surface area contributed by atoms with Crippen LogP contribution in [0.4, 0.5) is 13.2 Å². The zero-order valence-electron chi connectivity index (χ0n) is 8.78. The highest BCUT2D eigenvalue weighted by Gasteiger charge is 2.37. The number of rotatable bonds is 2. The van der Waals surface area contributed by atoms with E-state index in [1.807, 2.05) is 0 Å². The van der Waals surface area contributed by atoms with Crippen molar-refractivity contribution in [3.05, 3.63) is 35.4 Å². The largest absolute Gasteiger partial charge is 0.467 e. The van der Waals surface area contributed by atoms with Gasteiger partial charge in [-0.05, 0) is 17.7 Å². The molecule has 0 saturated heterocycles. The predicted octanol–water partition coefficient (Wildman–Crippen LogP) is 2.05. The van der Waals surface area contributed by atoms with Crippen molar-refractivity contribution >= 4 is 11.7 Å². The van der Waals surface area contributed by atoms with Crippen molar-refractivity contribution < 1.29 is 22.7 Å². The zero-order valence-corrected chi connectivity index (χ0v) is 8.78. The van der Waals surface area contributed by atoms with Crippen molar-refractivity contribution in [3.8, 4) is 0 Å². The number of hydrogen-bond donors (Lipinski definition) is 0. The van der Waals surface area contributed by atoms with Crippen LogP contribution in [0.1, 0.15) is 11.1 Å². The molecule has 1 aromatic rings. The van der Waals surface area contributed by atoms with Crippen molar-refractivity contribution in [2.75, 3.05) is 7.11 Å². The smallest absolute Gasteiger partial charge is 0.416 e. The molecule has 0 spiro atoms. The SMILES string of the molecule is COC(=O)[C@H]1N=C1c1ccc(C(F)(F)F)cc1. The Morgan fingerprint density at radius 2 is 1.88 bits per heavy atom. The van der Waals surface area contributed by atoms with E-state index in [2.05, 4.69) is 9.73 Å². The van der Waals surface area contributed by atoms with Crippen LogP contribution in [0.2, 0.25) is 0 Å². The molecule has 0 radical (unpaired) electrons. The third kappa shape index (κ3) is 2.30. The van der Waals surface area contributed by atoms with E-state index in [1.54, 1.807) is 0 Å². The van der Waals surface area contributed by atoms with Crippen LogP contribution < -0.4 is 0 Å². The number of halogens is 3. The molecule has 2 rings (SSSR count). The summed E-state index contributed by atoms with van der Waals surface area (Å²) in [6.45, 7) is 0. The third-order valence-electron chi connectivity index (χ3n) is 2.39. The molecular formula is C11H8F3NO2. The summed E-state index contributed by atoms with van der Waals surface area (Å²) < 4.78 is 41.3. The Bertz CT molecular complexity index is 476. The summed E-state index contributed by atoms with van der Waals surface area (Å²) in [5, 5.41) is 0. The second-order valence-corrected chi connectivity index (χ2v) is 3.52. The normalized spacial score (nSPS) is 18.6. The Kier molecular flexibility index (Phi) is 2.65. The van der Waals surface area contributed by atoms with Crippen molar-refractivity contribution in [3.63, 3.8) is 0 Å². The first-order valence-corrected chi connectivity index (χ1v) is 4.76. The maximum absolute atomic E-state index is 12.3. The maximum Gasteiger partial charge on any atom is 0.416 e. The number of ether oxygens (including phenoxy) is 1. The van der Waals surface area contributed by atoms with E-state index in [0.29, 0.717) is 11.3 Å². The van der Waals surface area contributed by atoms with E-state index >= 15 is 0 Å². The first kappa shape index (κ1) is 11.6. The fourth-order valence-electron chi connectivity index (χ4n) is 1.44. The van der Waals surface area contributed by atoms with E-state index in [-0.39, 0.29) is 0 Å². The summed E-state index contributed by atoms with van der Waals surface area (Å²) in [6, 6.07) is 3.86. The van der Waals surface area contributed by atoms with Crippen molar-refractivity contribution in [1.29, 1.82) is 0 Å². The Morgan fingerprint density at radius 3 is 2.35 bits per heavy atom. The summed E-state index contributed by atoms with van der Waals surface area (Å²) >= 11 is 0. The second kappa shape index (κ2) is 3.87. The van der Waals surface area contributed by atoms with Crippen LogP contribution in [-0.4, -0.2) is 24.8 Å². The number of carbonyl (C=O) groups excluding carboxylic acids is 1. The fourth-order valence-corrected chi connectivity index (χ4v) is 1.44. The molecule has 1 atom stereocenters. The van der Waals surface area contributed by atoms with Gasteiger partial charge in [-0.25, -0.2) is 4.79 Å². The Hall–Kier alpha value is -1.85. The number of aliphatic imine (C=N–C) groups is 1. The number of esters is 1. The molecule has 1 heterocycles. The van der Waals surface area contributed by atoms with Gasteiger partial charge < -0.3 is 4.74 Å². The van der Waals surface area contributed by atoms with Crippen LogP contribution in [0, 0.1) is 0 Å². The van der Waals surface area contributed by atoms with Gasteiger partial charge in [0.05, 0.1) is 18.4 Å². The van der Waals surface area contributed by atoms with E-state index < -0.39 is 23.8 Å². The molecule has 0 aromatic heterocycles. The Labute approximate surface area is 94.9 Å². The van der Waals surface area contributed by atoms with E-state index in [9.17, 15) is 18.0 Å². The molecule has 0 saturated carbocycles. The van der Waals surface area contributed by atoms with Gasteiger partial charge >= 0.3 is 12.1 Å². The van der Waals surface area contributed by atoms with E-state index in [0.717, 1.165) is 12.1 Å². The van der Waals surface area contributed by atoms with Gasteiger partial charge in [0.2, 0.25) is 0 Å². The number of hydrogen-bond acceptors (Lipinski definition) is 3. The van der Waals surface area contributed by atoms with E-state index in [4.69, 9.17) is 0 Å². The minimum atomic E-state index is -4.36. The third-order valence-corrected chi connectivity index (χ3v) is 2.39. The molecule has 1 aromatic carbocycles. The molecule has 0 unspecified atom stereocenters. The second-order valence-electron chi connectivity index (χ2n) is 3.52. The fraction of sp³-hybridized carbons (Fsp3) is 0.273. The number of benzene rings is 1. The quantitative estimate of drug-likeness (QED) is 0.745. The lowest BCUT2D eigenvalue weighted by Gasteiger charge is -2.06. The molecule has 0 aliphatic carbocycles. The molecule has 6 heteroatoms. The zero-order chi connectivity index (χ0) is 12.6. The van der Waals surface area contributed by atoms with Crippen molar-refractivity contribution in [1.82, 2.24) is 0 Å². The summed E-state index contributed by atoms with van der Waals surface area (Å²) in [6.07, 6.45) is -4.36. The highest BCUT2D eigenvalue weighted by Crippen LogP contribution is 2.30. The molecule has 0 amide bonds. The number of nitrogens with zero attached hydrogens (tertiary/aromatic N) is 1. The van der Waals surface area contributed by atoms with Crippen LogP contribution in [0.15, 0.2) is 29.3 Å². The molecule has 17 heavy (non-hydrogen) atoms. The van der Waals surface area contributed by atoms with Crippen molar-refractivity contribution in [2.45, 2.75) is 12.2 Å². The van der Waals surface area contributed by atoms with Crippen LogP contribution in [-0.2, 0) is 15.7 Å². The highest BCUT2D eigenvalue weighted by molar-refractivity contribution is 6.24. The molecular weight excluding hydrogens is 235 g/mol. The monoisotopic (exact) mass is 243 g/mol. The van der Waals surface area contributed by atoms with Gasteiger partial charge in [-0.15, -0.1) is 0 Å².